The lowest BCUT2D eigenvalue weighted by molar-refractivity contribution is 0.0938. The summed E-state index contributed by atoms with van der Waals surface area (Å²) in [6.07, 6.45) is 0. The van der Waals surface area contributed by atoms with E-state index in [1.54, 1.807) is 6.92 Å². The first-order valence-corrected chi connectivity index (χ1v) is 4.57. The topological polar surface area (TPSA) is 95.6 Å². The van der Waals surface area contributed by atoms with Crippen molar-refractivity contribution < 1.29 is 15.0 Å². The summed E-state index contributed by atoms with van der Waals surface area (Å²) >= 11 is 0. The number of phenols is 2. The quantitative estimate of drug-likeness (QED) is 0.535. The predicted molar refractivity (Wildman–Crippen MR) is 55.8 cm³/mol. The lowest BCUT2D eigenvalue weighted by Gasteiger charge is -2.12. The lowest BCUT2D eigenvalue weighted by Crippen LogP contribution is -2.37. The van der Waals surface area contributed by atoms with Crippen molar-refractivity contribution in [1.29, 1.82) is 0 Å². The van der Waals surface area contributed by atoms with Gasteiger partial charge < -0.3 is 21.3 Å². The van der Waals surface area contributed by atoms with E-state index in [1.807, 2.05) is 0 Å². The van der Waals surface area contributed by atoms with Crippen LogP contribution < -0.4 is 11.1 Å². The zero-order valence-corrected chi connectivity index (χ0v) is 8.40. The van der Waals surface area contributed by atoms with Gasteiger partial charge in [-0.15, -0.1) is 0 Å². The van der Waals surface area contributed by atoms with Gasteiger partial charge in [-0.1, -0.05) is 0 Å². The standard InChI is InChI=1S/C10H14N2O3/c1-6(5-11)12-10(15)8-4-7(13)2-3-9(8)14/h2-4,6,13-14H,5,11H2,1H3,(H,12,15)/t6-/m1/s1. The highest BCUT2D eigenvalue weighted by molar-refractivity contribution is 5.97. The summed E-state index contributed by atoms with van der Waals surface area (Å²) in [4.78, 5) is 11.5. The summed E-state index contributed by atoms with van der Waals surface area (Å²) in [7, 11) is 0. The highest BCUT2D eigenvalue weighted by Crippen LogP contribution is 2.21. The highest BCUT2D eigenvalue weighted by atomic mass is 16.3. The van der Waals surface area contributed by atoms with Crippen molar-refractivity contribution in [2.45, 2.75) is 13.0 Å². The summed E-state index contributed by atoms with van der Waals surface area (Å²) < 4.78 is 0. The summed E-state index contributed by atoms with van der Waals surface area (Å²) in [6, 6.07) is 3.59. The molecule has 0 unspecified atom stereocenters. The molecule has 1 aromatic carbocycles. The van der Waals surface area contributed by atoms with Crippen LogP contribution in [0.5, 0.6) is 11.5 Å². The molecule has 0 aliphatic heterocycles. The Morgan fingerprint density at radius 3 is 2.80 bits per heavy atom. The van der Waals surface area contributed by atoms with Gasteiger partial charge >= 0.3 is 0 Å². The molecule has 5 nitrogen and oxygen atoms in total. The number of phenolic OH excluding ortho intramolecular Hbond substituents is 2. The third kappa shape index (κ3) is 2.85. The molecule has 82 valence electrons. The van der Waals surface area contributed by atoms with E-state index in [2.05, 4.69) is 5.32 Å². The molecule has 0 saturated carbocycles. The molecular formula is C10H14N2O3. The van der Waals surface area contributed by atoms with E-state index in [0.717, 1.165) is 0 Å². The van der Waals surface area contributed by atoms with Gasteiger partial charge in [-0.25, -0.2) is 0 Å². The maximum atomic E-state index is 11.5. The molecule has 0 aliphatic carbocycles. The van der Waals surface area contributed by atoms with Crippen LogP contribution in [0.2, 0.25) is 0 Å². The summed E-state index contributed by atoms with van der Waals surface area (Å²) in [5.74, 6) is -0.700. The monoisotopic (exact) mass is 210 g/mol. The van der Waals surface area contributed by atoms with E-state index in [-0.39, 0.29) is 23.1 Å². The molecule has 1 rings (SSSR count). The Balaban J connectivity index is 2.86. The van der Waals surface area contributed by atoms with E-state index >= 15 is 0 Å². The largest absolute Gasteiger partial charge is 0.508 e. The maximum absolute atomic E-state index is 11.5. The van der Waals surface area contributed by atoms with E-state index in [9.17, 15) is 9.90 Å². The van der Waals surface area contributed by atoms with Crippen LogP contribution in [0, 0.1) is 0 Å². The molecule has 0 radical (unpaired) electrons. The molecule has 0 fully saturated rings. The average molecular weight is 210 g/mol. The van der Waals surface area contributed by atoms with Crippen LogP contribution in [0.4, 0.5) is 0 Å². The zero-order chi connectivity index (χ0) is 11.4. The minimum absolute atomic E-state index is 0.0373. The molecule has 0 heterocycles. The number of amides is 1. The normalized spacial score (nSPS) is 12.1. The minimum atomic E-state index is -0.457. The van der Waals surface area contributed by atoms with Gasteiger partial charge in [0.1, 0.15) is 11.5 Å². The molecule has 5 heteroatoms. The van der Waals surface area contributed by atoms with Gasteiger partial charge in [0.2, 0.25) is 0 Å². The van der Waals surface area contributed by atoms with Crippen molar-refractivity contribution in [1.82, 2.24) is 5.32 Å². The number of benzene rings is 1. The van der Waals surface area contributed by atoms with E-state index in [4.69, 9.17) is 10.8 Å². The number of carbonyl (C=O) groups is 1. The molecular weight excluding hydrogens is 196 g/mol. The molecule has 0 saturated heterocycles. The Bertz CT molecular complexity index is 366. The second kappa shape index (κ2) is 4.65. The van der Waals surface area contributed by atoms with Crippen LogP contribution in [-0.4, -0.2) is 28.7 Å². The van der Waals surface area contributed by atoms with Gasteiger partial charge in [-0.05, 0) is 25.1 Å². The first-order chi connectivity index (χ1) is 7.04. The van der Waals surface area contributed by atoms with Crippen LogP contribution in [0.3, 0.4) is 0 Å². The van der Waals surface area contributed by atoms with E-state index < -0.39 is 5.91 Å². The smallest absolute Gasteiger partial charge is 0.255 e. The van der Waals surface area contributed by atoms with Crippen molar-refractivity contribution in [3.05, 3.63) is 23.8 Å². The number of carbonyl (C=O) groups excluding carboxylic acids is 1. The Morgan fingerprint density at radius 1 is 1.53 bits per heavy atom. The molecule has 1 amide bonds. The Hall–Kier alpha value is -1.75. The van der Waals surface area contributed by atoms with Crippen molar-refractivity contribution in [2.24, 2.45) is 5.73 Å². The number of aromatic hydroxyl groups is 2. The van der Waals surface area contributed by atoms with Gasteiger partial charge in [0.25, 0.3) is 5.91 Å². The van der Waals surface area contributed by atoms with Gasteiger partial charge in [-0.3, -0.25) is 4.79 Å². The molecule has 0 bridgehead atoms. The first-order valence-electron chi connectivity index (χ1n) is 4.57. The lowest BCUT2D eigenvalue weighted by atomic mass is 10.1. The van der Waals surface area contributed by atoms with Crippen molar-refractivity contribution in [2.75, 3.05) is 6.54 Å². The van der Waals surface area contributed by atoms with Crippen molar-refractivity contribution in [3.8, 4) is 11.5 Å². The second-order valence-electron chi connectivity index (χ2n) is 3.31. The molecule has 0 aromatic heterocycles. The number of hydrogen-bond donors (Lipinski definition) is 4. The van der Waals surface area contributed by atoms with Crippen LogP contribution in [0.15, 0.2) is 18.2 Å². The fourth-order valence-corrected chi connectivity index (χ4v) is 1.07. The summed E-state index contributed by atoms with van der Waals surface area (Å²) in [5.41, 5.74) is 5.38. The third-order valence-corrected chi connectivity index (χ3v) is 1.96. The van der Waals surface area contributed by atoms with Crippen LogP contribution in [0.1, 0.15) is 17.3 Å². The number of nitrogens with two attached hydrogens (primary N) is 1. The molecule has 1 aromatic rings. The molecule has 0 aliphatic rings. The first kappa shape index (κ1) is 11.3. The molecule has 15 heavy (non-hydrogen) atoms. The molecule has 0 spiro atoms. The van der Waals surface area contributed by atoms with Crippen LogP contribution in [0.25, 0.3) is 0 Å². The minimum Gasteiger partial charge on any atom is -0.508 e. The SMILES string of the molecule is C[C@H](CN)NC(=O)c1cc(O)ccc1O. The Labute approximate surface area is 87.5 Å². The second-order valence-corrected chi connectivity index (χ2v) is 3.31. The maximum Gasteiger partial charge on any atom is 0.255 e. The summed E-state index contributed by atoms with van der Waals surface area (Å²) in [6.45, 7) is 2.06. The Morgan fingerprint density at radius 2 is 2.20 bits per heavy atom. The fourth-order valence-electron chi connectivity index (χ4n) is 1.07. The molecule has 1 atom stereocenters. The predicted octanol–water partition coefficient (Wildman–Crippen LogP) is 0.175. The van der Waals surface area contributed by atoms with Crippen molar-refractivity contribution >= 4 is 5.91 Å². The van der Waals surface area contributed by atoms with Gasteiger partial charge in [0.05, 0.1) is 5.56 Å². The van der Waals surface area contributed by atoms with Crippen LogP contribution >= 0.6 is 0 Å². The van der Waals surface area contributed by atoms with Crippen molar-refractivity contribution in [3.63, 3.8) is 0 Å². The Kier molecular flexibility index (Phi) is 3.51. The van der Waals surface area contributed by atoms with Gasteiger partial charge in [0.15, 0.2) is 0 Å². The number of hydrogen-bond acceptors (Lipinski definition) is 4. The number of rotatable bonds is 3. The van der Waals surface area contributed by atoms with Crippen LogP contribution in [-0.2, 0) is 0 Å². The average Bonchev–Trinajstić information content (AvgIpc) is 2.21. The summed E-state index contributed by atoms with van der Waals surface area (Å²) in [5, 5.41) is 21.1. The fraction of sp³-hybridized carbons (Fsp3) is 0.300. The number of nitrogens with one attached hydrogen (secondary N) is 1. The van der Waals surface area contributed by atoms with E-state index in [1.165, 1.54) is 18.2 Å². The third-order valence-electron chi connectivity index (χ3n) is 1.96. The molecule has 5 N–H and O–H groups in total. The van der Waals surface area contributed by atoms with E-state index in [0.29, 0.717) is 6.54 Å². The van der Waals surface area contributed by atoms with Gasteiger partial charge in [-0.2, -0.15) is 0 Å². The van der Waals surface area contributed by atoms with Gasteiger partial charge in [0, 0.05) is 12.6 Å². The zero-order valence-electron chi connectivity index (χ0n) is 8.40. The highest BCUT2D eigenvalue weighted by Gasteiger charge is 2.13.